The number of rotatable bonds is 7. The van der Waals surface area contributed by atoms with Crippen molar-refractivity contribution in [2.24, 2.45) is 0 Å². The largest absolute Gasteiger partial charge is 0.383 e. The van der Waals surface area contributed by atoms with Crippen LogP contribution in [-0.4, -0.2) is 45.5 Å². The van der Waals surface area contributed by atoms with E-state index in [1.807, 2.05) is 6.07 Å². The second kappa shape index (κ2) is 8.02. The van der Waals surface area contributed by atoms with E-state index in [9.17, 15) is 0 Å². The summed E-state index contributed by atoms with van der Waals surface area (Å²) >= 11 is 6.91. The van der Waals surface area contributed by atoms with Gasteiger partial charge in [-0.15, -0.1) is 0 Å². The van der Waals surface area contributed by atoms with Crippen LogP contribution in [0.3, 0.4) is 0 Å². The summed E-state index contributed by atoms with van der Waals surface area (Å²) < 4.78 is 12.1. The third-order valence-corrected chi connectivity index (χ3v) is 3.24. The van der Waals surface area contributed by atoms with E-state index in [0.29, 0.717) is 13.2 Å². The van der Waals surface area contributed by atoms with E-state index in [2.05, 4.69) is 41.7 Å². The van der Waals surface area contributed by atoms with E-state index in [4.69, 9.17) is 9.47 Å². The molecule has 0 unspecified atom stereocenters. The molecule has 6 heteroatoms. The van der Waals surface area contributed by atoms with Crippen LogP contribution in [0.2, 0.25) is 0 Å². The number of anilines is 1. The Kier molecular flexibility index (Phi) is 7.03. The fraction of sp³-hybridized carbons (Fsp3) is 0.545. The molecule has 96 valence electrons. The molecule has 0 bridgehead atoms. The molecule has 0 spiro atoms. The molecule has 4 nitrogen and oxygen atoms in total. The van der Waals surface area contributed by atoms with Crippen LogP contribution in [0, 0.1) is 0 Å². The zero-order valence-corrected chi connectivity index (χ0v) is 13.1. The second-order valence-corrected chi connectivity index (χ2v) is 5.20. The zero-order chi connectivity index (χ0) is 12.7. The summed E-state index contributed by atoms with van der Waals surface area (Å²) in [6, 6.07) is 1.98. The van der Waals surface area contributed by atoms with Gasteiger partial charge in [0.2, 0.25) is 0 Å². The van der Waals surface area contributed by atoms with Gasteiger partial charge in [-0.05, 0) is 37.9 Å². The van der Waals surface area contributed by atoms with E-state index in [1.165, 1.54) is 0 Å². The van der Waals surface area contributed by atoms with Crippen LogP contribution < -0.4 is 4.90 Å². The van der Waals surface area contributed by atoms with Crippen molar-refractivity contribution in [1.82, 2.24) is 4.98 Å². The van der Waals surface area contributed by atoms with Gasteiger partial charge in [0.15, 0.2) is 0 Å². The highest BCUT2D eigenvalue weighted by Crippen LogP contribution is 2.26. The molecule has 1 heterocycles. The summed E-state index contributed by atoms with van der Waals surface area (Å²) in [7, 11) is 3.39. The molecule has 1 aromatic heterocycles. The summed E-state index contributed by atoms with van der Waals surface area (Å²) in [6.07, 6.45) is 1.78. The van der Waals surface area contributed by atoms with Crippen LogP contribution in [-0.2, 0) is 9.47 Å². The molecular formula is C11H16Br2N2O2. The number of ether oxygens (including phenoxy) is 2. The molecule has 0 aliphatic carbocycles. The van der Waals surface area contributed by atoms with E-state index in [1.54, 1.807) is 20.4 Å². The van der Waals surface area contributed by atoms with Crippen molar-refractivity contribution >= 4 is 37.7 Å². The molecule has 0 atom stereocenters. The maximum absolute atomic E-state index is 5.10. The monoisotopic (exact) mass is 366 g/mol. The number of hydrogen-bond donors (Lipinski definition) is 0. The highest BCUT2D eigenvalue weighted by Gasteiger charge is 2.11. The summed E-state index contributed by atoms with van der Waals surface area (Å²) in [6.45, 7) is 2.89. The maximum atomic E-state index is 5.10. The van der Waals surface area contributed by atoms with Gasteiger partial charge < -0.3 is 14.4 Å². The lowest BCUT2D eigenvalue weighted by atomic mass is 10.4. The van der Waals surface area contributed by atoms with Crippen LogP contribution in [0.25, 0.3) is 0 Å². The highest BCUT2D eigenvalue weighted by atomic mass is 79.9. The van der Waals surface area contributed by atoms with Crippen LogP contribution in [0.5, 0.6) is 0 Å². The molecule has 0 N–H and O–H groups in total. The third-order valence-electron chi connectivity index (χ3n) is 2.22. The maximum Gasteiger partial charge on any atom is 0.143 e. The van der Waals surface area contributed by atoms with Crippen LogP contribution >= 0.6 is 31.9 Å². The minimum absolute atomic E-state index is 0.661. The Morgan fingerprint density at radius 1 is 1.18 bits per heavy atom. The third kappa shape index (κ3) is 4.91. The normalized spacial score (nSPS) is 10.6. The molecule has 1 aromatic rings. The molecule has 0 fully saturated rings. The van der Waals surface area contributed by atoms with Crippen molar-refractivity contribution in [3.05, 3.63) is 21.2 Å². The van der Waals surface area contributed by atoms with E-state index < -0.39 is 0 Å². The van der Waals surface area contributed by atoms with Crippen LogP contribution in [0.1, 0.15) is 0 Å². The number of aromatic nitrogens is 1. The number of nitrogens with zero attached hydrogens (tertiary/aromatic N) is 2. The molecule has 0 aliphatic heterocycles. The standard InChI is InChI=1S/C11H16Br2N2O2/c1-16-5-3-15(4-6-17-2)11-10(13)7-9(12)8-14-11/h7-8H,3-6H2,1-2H3. The number of methoxy groups -OCH3 is 2. The Balaban J connectivity index is 2.79. The van der Waals surface area contributed by atoms with Gasteiger partial charge in [-0.25, -0.2) is 4.98 Å². The van der Waals surface area contributed by atoms with Gasteiger partial charge in [-0.3, -0.25) is 0 Å². The topological polar surface area (TPSA) is 34.6 Å². The highest BCUT2D eigenvalue weighted by molar-refractivity contribution is 9.11. The predicted octanol–water partition coefficient (Wildman–Crippen LogP) is 2.71. The fourth-order valence-electron chi connectivity index (χ4n) is 1.37. The van der Waals surface area contributed by atoms with E-state index in [-0.39, 0.29) is 0 Å². The van der Waals surface area contributed by atoms with Gasteiger partial charge in [0.25, 0.3) is 0 Å². The minimum Gasteiger partial charge on any atom is -0.383 e. The Bertz CT molecular complexity index is 342. The average molecular weight is 368 g/mol. The first-order valence-electron chi connectivity index (χ1n) is 5.23. The molecule has 0 saturated carbocycles. The average Bonchev–Trinajstić information content (AvgIpc) is 2.30. The molecule has 0 amide bonds. The van der Waals surface area contributed by atoms with Gasteiger partial charge in [0.1, 0.15) is 5.82 Å². The molecular weight excluding hydrogens is 352 g/mol. The molecule has 0 radical (unpaired) electrons. The summed E-state index contributed by atoms with van der Waals surface area (Å²) in [4.78, 5) is 6.53. The lowest BCUT2D eigenvalue weighted by molar-refractivity contribution is 0.190. The van der Waals surface area contributed by atoms with Gasteiger partial charge in [0, 0.05) is 38.0 Å². The lowest BCUT2D eigenvalue weighted by Gasteiger charge is -2.24. The molecule has 1 rings (SSSR count). The van der Waals surface area contributed by atoms with Crippen molar-refractivity contribution in [3.63, 3.8) is 0 Å². The van der Waals surface area contributed by atoms with Crippen molar-refractivity contribution in [2.45, 2.75) is 0 Å². The fourth-order valence-corrected chi connectivity index (χ4v) is 2.60. The van der Waals surface area contributed by atoms with Crippen molar-refractivity contribution < 1.29 is 9.47 Å². The van der Waals surface area contributed by atoms with Gasteiger partial charge in [-0.2, -0.15) is 0 Å². The lowest BCUT2D eigenvalue weighted by Crippen LogP contribution is -2.31. The number of halogens is 2. The summed E-state index contributed by atoms with van der Waals surface area (Å²) in [5, 5.41) is 0. The molecule has 17 heavy (non-hydrogen) atoms. The Morgan fingerprint density at radius 3 is 2.24 bits per heavy atom. The van der Waals surface area contributed by atoms with E-state index in [0.717, 1.165) is 27.9 Å². The Hall–Kier alpha value is -0.170. The summed E-state index contributed by atoms with van der Waals surface area (Å²) in [5.41, 5.74) is 0. The SMILES string of the molecule is COCCN(CCOC)c1ncc(Br)cc1Br. The first-order valence-corrected chi connectivity index (χ1v) is 6.81. The smallest absolute Gasteiger partial charge is 0.143 e. The van der Waals surface area contributed by atoms with Gasteiger partial charge in [-0.1, -0.05) is 0 Å². The zero-order valence-electron chi connectivity index (χ0n) is 9.95. The Morgan fingerprint density at radius 2 is 1.76 bits per heavy atom. The van der Waals surface area contributed by atoms with Crippen LogP contribution in [0.15, 0.2) is 21.2 Å². The molecule has 0 aromatic carbocycles. The van der Waals surface area contributed by atoms with Crippen molar-refractivity contribution in [1.29, 1.82) is 0 Å². The predicted molar refractivity (Wildman–Crippen MR) is 75.6 cm³/mol. The van der Waals surface area contributed by atoms with Crippen molar-refractivity contribution in [2.75, 3.05) is 45.4 Å². The molecule has 0 aliphatic rings. The quantitative estimate of drug-likeness (QED) is 0.742. The van der Waals surface area contributed by atoms with Gasteiger partial charge >= 0.3 is 0 Å². The second-order valence-electron chi connectivity index (χ2n) is 3.43. The van der Waals surface area contributed by atoms with Gasteiger partial charge in [0.05, 0.1) is 17.7 Å². The first kappa shape index (κ1) is 14.9. The number of pyridine rings is 1. The first-order chi connectivity index (χ1) is 8.19. The Labute approximate surface area is 119 Å². The minimum atomic E-state index is 0.661. The van der Waals surface area contributed by atoms with E-state index >= 15 is 0 Å². The van der Waals surface area contributed by atoms with Crippen molar-refractivity contribution in [3.8, 4) is 0 Å². The molecule has 0 saturated heterocycles. The van der Waals surface area contributed by atoms with Crippen LogP contribution in [0.4, 0.5) is 5.82 Å². The summed E-state index contributed by atoms with van der Waals surface area (Å²) in [5.74, 6) is 0.905. The number of hydrogen-bond acceptors (Lipinski definition) is 4.